The molecule has 1 aromatic heterocycles. The number of anilines is 1. The van der Waals surface area contributed by atoms with Crippen LogP contribution in [0.4, 0.5) is 10.1 Å². The molecule has 116 valence electrons. The quantitative estimate of drug-likeness (QED) is 0.626. The predicted molar refractivity (Wildman–Crippen MR) is 94.7 cm³/mol. The number of rotatable bonds is 5. The molecule has 23 heavy (non-hydrogen) atoms. The lowest BCUT2D eigenvalue weighted by Crippen LogP contribution is -2.09. The maximum absolute atomic E-state index is 13.6. The number of thioether (sulfide) groups is 1. The zero-order valence-corrected chi connectivity index (χ0v) is 13.8. The van der Waals surface area contributed by atoms with Gasteiger partial charge in [0.2, 0.25) is 0 Å². The van der Waals surface area contributed by atoms with E-state index in [0.717, 1.165) is 10.6 Å². The second-order valence-electron chi connectivity index (χ2n) is 4.84. The Labute approximate surface area is 142 Å². The van der Waals surface area contributed by atoms with Crippen molar-refractivity contribution in [3.05, 3.63) is 82.3 Å². The standard InChI is InChI=1S/C18H14FNOS2/c19-16-8-2-1-5-13(16)12-23-15-7-3-6-14(11-15)20-18(21)17-9-4-10-22-17/h1-11H,12H2,(H,20,21). The molecule has 0 bridgehead atoms. The number of carbonyl (C=O) groups is 1. The molecule has 0 atom stereocenters. The molecule has 1 N–H and O–H groups in total. The van der Waals surface area contributed by atoms with Gasteiger partial charge in [-0.3, -0.25) is 4.79 Å². The first-order chi connectivity index (χ1) is 11.2. The number of nitrogens with one attached hydrogen (secondary N) is 1. The highest BCUT2D eigenvalue weighted by molar-refractivity contribution is 7.98. The molecule has 0 unspecified atom stereocenters. The first kappa shape index (κ1) is 15.8. The fourth-order valence-corrected chi connectivity index (χ4v) is 3.60. The summed E-state index contributed by atoms with van der Waals surface area (Å²) < 4.78 is 13.6. The number of benzene rings is 2. The van der Waals surface area contributed by atoms with Crippen molar-refractivity contribution < 1.29 is 9.18 Å². The molecule has 1 heterocycles. The summed E-state index contributed by atoms with van der Waals surface area (Å²) in [6, 6.07) is 18.0. The summed E-state index contributed by atoms with van der Waals surface area (Å²) in [6.07, 6.45) is 0. The van der Waals surface area contributed by atoms with Gasteiger partial charge in [0.05, 0.1) is 4.88 Å². The van der Waals surface area contributed by atoms with Gasteiger partial charge >= 0.3 is 0 Å². The maximum atomic E-state index is 13.6. The fourth-order valence-electron chi connectivity index (χ4n) is 2.04. The van der Waals surface area contributed by atoms with Crippen LogP contribution in [-0.4, -0.2) is 5.91 Å². The summed E-state index contributed by atoms with van der Waals surface area (Å²) in [5.74, 6) is 0.244. The Morgan fingerprint density at radius 1 is 1.09 bits per heavy atom. The first-order valence-corrected chi connectivity index (χ1v) is 8.90. The summed E-state index contributed by atoms with van der Waals surface area (Å²) in [7, 11) is 0. The largest absolute Gasteiger partial charge is 0.321 e. The molecule has 2 aromatic carbocycles. The van der Waals surface area contributed by atoms with Gasteiger partial charge in [-0.2, -0.15) is 0 Å². The van der Waals surface area contributed by atoms with Crippen LogP contribution in [0.1, 0.15) is 15.2 Å². The van der Waals surface area contributed by atoms with E-state index in [0.29, 0.717) is 16.2 Å². The van der Waals surface area contributed by atoms with E-state index in [2.05, 4.69) is 5.32 Å². The van der Waals surface area contributed by atoms with Crippen LogP contribution >= 0.6 is 23.1 Å². The molecule has 3 aromatic rings. The van der Waals surface area contributed by atoms with Crippen LogP contribution in [0.2, 0.25) is 0 Å². The fraction of sp³-hybridized carbons (Fsp3) is 0.0556. The van der Waals surface area contributed by atoms with Crippen LogP contribution in [0.15, 0.2) is 70.9 Å². The first-order valence-electron chi connectivity index (χ1n) is 7.03. The van der Waals surface area contributed by atoms with Crippen LogP contribution < -0.4 is 5.32 Å². The number of thiophene rings is 1. The van der Waals surface area contributed by atoms with Gasteiger partial charge in [0.25, 0.3) is 5.91 Å². The van der Waals surface area contributed by atoms with E-state index in [9.17, 15) is 9.18 Å². The number of hydrogen-bond donors (Lipinski definition) is 1. The van der Waals surface area contributed by atoms with Crippen molar-refractivity contribution in [2.45, 2.75) is 10.6 Å². The van der Waals surface area contributed by atoms with Gasteiger partial charge in [-0.15, -0.1) is 23.1 Å². The zero-order valence-electron chi connectivity index (χ0n) is 12.2. The molecule has 0 saturated carbocycles. The molecule has 0 saturated heterocycles. The third-order valence-corrected chi connectivity index (χ3v) is 5.10. The van der Waals surface area contributed by atoms with Crippen LogP contribution in [0.3, 0.4) is 0 Å². The summed E-state index contributed by atoms with van der Waals surface area (Å²) in [4.78, 5) is 13.7. The molecule has 2 nitrogen and oxygen atoms in total. The Morgan fingerprint density at radius 2 is 1.96 bits per heavy atom. The topological polar surface area (TPSA) is 29.1 Å². The Morgan fingerprint density at radius 3 is 2.74 bits per heavy atom. The highest BCUT2D eigenvalue weighted by Gasteiger charge is 2.07. The second kappa shape index (κ2) is 7.44. The molecule has 0 aliphatic heterocycles. The smallest absolute Gasteiger partial charge is 0.265 e. The van der Waals surface area contributed by atoms with Gasteiger partial charge in [-0.1, -0.05) is 30.3 Å². The monoisotopic (exact) mass is 343 g/mol. The molecule has 3 rings (SSSR count). The minimum Gasteiger partial charge on any atom is -0.321 e. The van der Waals surface area contributed by atoms with Crippen molar-refractivity contribution in [1.29, 1.82) is 0 Å². The van der Waals surface area contributed by atoms with E-state index < -0.39 is 0 Å². The molecular formula is C18H14FNOS2. The molecular weight excluding hydrogens is 329 g/mol. The zero-order chi connectivity index (χ0) is 16.1. The third kappa shape index (κ3) is 4.21. The average molecular weight is 343 g/mol. The Kier molecular flexibility index (Phi) is 5.10. The highest BCUT2D eigenvalue weighted by atomic mass is 32.2. The molecule has 0 fully saturated rings. The summed E-state index contributed by atoms with van der Waals surface area (Å²) >= 11 is 2.94. The summed E-state index contributed by atoms with van der Waals surface area (Å²) in [5, 5.41) is 4.75. The van der Waals surface area contributed by atoms with Gasteiger partial charge in [0, 0.05) is 16.3 Å². The van der Waals surface area contributed by atoms with Crippen LogP contribution in [0.25, 0.3) is 0 Å². The molecule has 5 heteroatoms. The van der Waals surface area contributed by atoms with Crippen molar-refractivity contribution in [3.63, 3.8) is 0 Å². The van der Waals surface area contributed by atoms with E-state index in [1.807, 2.05) is 41.8 Å². The van der Waals surface area contributed by atoms with Crippen molar-refractivity contribution in [1.82, 2.24) is 0 Å². The number of hydrogen-bond acceptors (Lipinski definition) is 3. The Hall–Kier alpha value is -2.11. The SMILES string of the molecule is O=C(Nc1cccc(SCc2ccccc2F)c1)c1cccs1. The average Bonchev–Trinajstić information content (AvgIpc) is 3.09. The molecule has 1 amide bonds. The van der Waals surface area contributed by atoms with E-state index in [4.69, 9.17) is 0 Å². The van der Waals surface area contributed by atoms with Crippen molar-refractivity contribution in [2.24, 2.45) is 0 Å². The highest BCUT2D eigenvalue weighted by Crippen LogP contribution is 2.26. The van der Waals surface area contributed by atoms with Gasteiger partial charge < -0.3 is 5.32 Å². The van der Waals surface area contributed by atoms with Crippen molar-refractivity contribution in [2.75, 3.05) is 5.32 Å². The lowest BCUT2D eigenvalue weighted by Gasteiger charge is -2.07. The van der Waals surface area contributed by atoms with Gasteiger partial charge in [0.1, 0.15) is 5.82 Å². The molecule has 0 aliphatic carbocycles. The van der Waals surface area contributed by atoms with Crippen molar-refractivity contribution >= 4 is 34.7 Å². The molecule has 0 aliphatic rings. The second-order valence-corrected chi connectivity index (χ2v) is 6.84. The number of amides is 1. The van der Waals surface area contributed by atoms with Gasteiger partial charge in [-0.25, -0.2) is 4.39 Å². The minimum absolute atomic E-state index is 0.115. The van der Waals surface area contributed by atoms with E-state index >= 15 is 0 Å². The normalized spacial score (nSPS) is 10.5. The summed E-state index contributed by atoms with van der Waals surface area (Å²) in [5.41, 5.74) is 1.41. The predicted octanol–water partition coefficient (Wildman–Crippen LogP) is 5.43. The number of carbonyl (C=O) groups excluding carboxylic acids is 1. The van der Waals surface area contributed by atoms with Gasteiger partial charge in [-0.05, 0) is 41.3 Å². The van der Waals surface area contributed by atoms with Gasteiger partial charge in [0.15, 0.2) is 0 Å². The Balaban J connectivity index is 1.65. The van der Waals surface area contributed by atoms with Crippen LogP contribution in [-0.2, 0) is 5.75 Å². The molecule has 0 spiro atoms. The maximum Gasteiger partial charge on any atom is 0.265 e. The lowest BCUT2D eigenvalue weighted by atomic mass is 10.2. The van der Waals surface area contributed by atoms with E-state index in [1.54, 1.807) is 18.2 Å². The van der Waals surface area contributed by atoms with Crippen LogP contribution in [0, 0.1) is 5.82 Å². The van der Waals surface area contributed by atoms with Crippen LogP contribution in [0.5, 0.6) is 0 Å². The van der Waals surface area contributed by atoms with E-state index in [1.165, 1.54) is 29.2 Å². The van der Waals surface area contributed by atoms with E-state index in [-0.39, 0.29) is 11.7 Å². The Bertz CT molecular complexity index is 802. The minimum atomic E-state index is -0.192. The lowest BCUT2D eigenvalue weighted by molar-refractivity contribution is 0.103. The van der Waals surface area contributed by atoms with Crippen molar-refractivity contribution in [3.8, 4) is 0 Å². The summed E-state index contributed by atoms with van der Waals surface area (Å²) in [6.45, 7) is 0. The molecule has 0 radical (unpaired) electrons. The third-order valence-electron chi connectivity index (χ3n) is 3.19. The number of halogens is 1.